The Morgan fingerprint density at radius 2 is 1.38 bits per heavy atom. The van der Waals surface area contributed by atoms with E-state index in [0.29, 0.717) is 49.9 Å². The molecule has 81 heavy (non-hydrogen) atoms. The molecule has 0 radical (unpaired) electrons. The minimum Gasteiger partial charge on any atom is -0.478 e. The molecule has 0 saturated carbocycles. The lowest BCUT2D eigenvalue weighted by molar-refractivity contribution is -0.124. The maximum absolute atomic E-state index is 13.2. The lowest BCUT2D eigenvalue weighted by Crippen LogP contribution is -2.44. The average Bonchev–Trinajstić information content (AvgIpc) is 3.48. The molecule has 2 amide bonds. The number of unbranched alkanes of at least 4 members (excludes halogenated alkanes) is 3. The molecule has 0 saturated heterocycles. The number of nitrogens with two attached hydrogens (primary N) is 1. The number of hydrazone groups is 1. The van der Waals surface area contributed by atoms with Gasteiger partial charge in [-0.1, -0.05) is 185 Å². The number of nitrogens with one attached hydrogen (secondary N) is 4. The number of pyridine rings is 1. The number of benzene rings is 3. The highest BCUT2D eigenvalue weighted by Crippen LogP contribution is 2.30. The van der Waals surface area contributed by atoms with E-state index < -0.39 is 15.7 Å². The van der Waals surface area contributed by atoms with Crippen LogP contribution in [0.5, 0.6) is 5.88 Å². The first-order chi connectivity index (χ1) is 38.2. The van der Waals surface area contributed by atoms with Crippen LogP contribution in [0.3, 0.4) is 0 Å². The average molecular weight is 1130 g/mol. The van der Waals surface area contributed by atoms with Crippen LogP contribution in [0.2, 0.25) is 0 Å². The van der Waals surface area contributed by atoms with Gasteiger partial charge in [0, 0.05) is 58.8 Å². The first kappa shape index (κ1) is 70.7. The van der Waals surface area contributed by atoms with Gasteiger partial charge in [0.25, 0.3) is 16.0 Å². The van der Waals surface area contributed by atoms with Gasteiger partial charge in [-0.25, -0.2) is 4.98 Å². The molecule has 2 atom stereocenters. The van der Waals surface area contributed by atoms with Gasteiger partial charge in [-0.15, -0.1) is 0 Å². The van der Waals surface area contributed by atoms with E-state index in [-0.39, 0.29) is 38.9 Å². The smallest absolute Gasteiger partial charge is 0.295 e. The number of allylic oxidation sites excluding steroid dienone is 4. The topological polar surface area (TPSA) is 218 Å². The van der Waals surface area contributed by atoms with Crippen LogP contribution in [0.25, 0.3) is 22.4 Å². The number of amides is 2. The summed E-state index contributed by atoms with van der Waals surface area (Å²) in [6, 6.07) is 30.5. The Balaban J connectivity index is 0.000000514. The van der Waals surface area contributed by atoms with Crippen LogP contribution in [-0.4, -0.2) is 73.7 Å². The first-order valence-corrected chi connectivity index (χ1v) is 30.3. The van der Waals surface area contributed by atoms with Crippen LogP contribution < -0.4 is 26.5 Å². The van der Waals surface area contributed by atoms with Gasteiger partial charge in [0.15, 0.2) is 0 Å². The summed E-state index contributed by atoms with van der Waals surface area (Å²) in [5.41, 5.74) is 13.8. The van der Waals surface area contributed by atoms with Gasteiger partial charge >= 0.3 is 0 Å². The van der Waals surface area contributed by atoms with E-state index in [9.17, 15) is 22.6 Å². The van der Waals surface area contributed by atoms with Crippen molar-refractivity contribution in [3.05, 3.63) is 138 Å². The summed E-state index contributed by atoms with van der Waals surface area (Å²) in [7, 11) is -4.38. The van der Waals surface area contributed by atoms with Crippen molar-refractivity contribution >= 4 is 34.0 Å². The molecule has 3 aromatic carbocycles. The van der Waals surface area contributed by atoms with Crippen molar-refractivity contribution in [2.75, 3.05) is 26.3 Å². The quantitative estimate of drug-likeness (QED) is 0.00533. The predicted molar refractivity (Wildman–Crippen MR) is 336 cm³/mol. The lowest BCUT2D eigenvalue weighted by Gasteiger charge is -2.32. The Hall–Kier alpha value is -6.42. The van der Waals surface area contributed by atoms with Crippen molar-refractivity contribution in [2.45, 2.75) is 172 Å². The fourth-order valence-electron chi connectivity index (χ4n) is 7.60. The largest absolute Gasteiger partial charge is 0.478 e. The van der Waals surface area contributed by atoms with E-state index in [0.717, 1.165) is 84.7 Å². The SMILES string of the molecule is CC(C)(CCCCOc1cc(-c2ccccc2)cc(-c2ccccc2)n1)C(=N)N.CCC(C)C(C)CC.CCCCCC(=O)NCC(C)(C)OCC(C)(C)CNC(=O)/C(C=C(C)CC)=C/C=C(\C)N/N=C/c1ccccc1S(=O)(=O)O. The number of amidine groups is 1. The Labute approximate surface area is 487 Å². The van der Waals surface area contributed by atoms with Crippen molar-refractivity contribution in [1.82, 2.24) is 21.0 Å². The number of ether oxygens (including phenoxy) is 2. The molecule has 7 N–H and O–H groups in total. The van der Waals surface area contributed by atoms with Crippen molar-refractivity contribution in [2.24, 2.45) is 33.5 Å². The van der Waals surface area contributed by atoms with Crippen LogP contribution in [0.15, 0.2) is 142 Å². The van der Waals surface area contributed by atoms with Crippen LogP contribution >= 0.6 is 0 Å². The Morgan fingerprint density at radius 3 is 1.96 bits per heavy atom. The molecule has 0 spiro atoms. The third-order valence-electron chi connectivity index (χ3n) is 14.1. The third kappa shape index (κ3) is 28.7. The highest BCUT2D eigenvalue weighted by Gasteiger charge is 2.27. The van der Waals surface area contributed by atoms with Crippen LogP contribution in [0, 0.1) is 28.1 Å². The van der Waals surface area contributed by atoms with Crippen LogP contribution in [0.1, 0.15) is 167 Å². The Bertz CT molecular complexity index is 2700. The first-order valence-electron chi connectivity index (χ1n) is 28.9. The van der Waals surface area contributed by atoms with E-state index in [1.54, 1.807) is 25.1 Å². The maximum Gasteiger partial charge on any atom is 0.295 e. The van der Waals surface area contributed by atoms with Gasteiger partial charge in [0.1, 0.15) is 4.90 Å². The second-order valence-corrected chi connectivity index (χ2v) is 24.4. The monoisotopic (exact) mass is 1130 g/mol. The predicted octanol–water partition coefficient (Wildman–Crippen LogP) is 14.7. The number of carbonyl (C=O) groups excluding carboxylic acids is 2. The molecule has 4 aromatic rings. The summed E-state index contributed by atoms with van der Waals surface area (Å²) in [4.78, 5) is 29.8. The number of carbonyl (C=O) groups is 2. The summed E-state index contributed by atoms with van der Waals surface area (Å²) < 4.78 is 44.7. The number of aromatic nitrogens is 1. The van der Waals surface area contributed by atoms with Crippen LogP contribution in [0.4, 0.5) is 0 Å². The molecule has 0 fully saturated rings. The van der Waals surface area contributed by atoms with Gasteiger partial charge in [0.05, 0.1) is 36.6 Å². The second kappa shape index (κ2) is 36.1. The standard InChI is InChI=1S/C33H52N4O6S.C25H29N3O.C8H18/c1-9-11-12-17-30(38)34-23-33(7,8)43-24-32(5,6)22-35-31(39)27(20-25(3)10-2)19-18-26(4)37-36-21-28-15-13-14-16-29(28)44(40,41)42;1-25(2,24(26)27)15-9-10-16-29-23-18-21(19-11-5-3-6-12-19)17-22(28-23)20-13-7-4-8-14-20;1-5-7(3)8(4)6-2/h13-16,18-21,37H,9-12,17,22-24H2,1-8H3,(H,34,38)(H,35,39)(H,40,41,42);3-8,11-14,17-18H,9-10,15-16H2,1-2H3,(H3,26,27);7-8H,5-6H2,1-4H3/b25-20?,26-18+,27-19+,36-21+;;. The second-order valence-electron chi connectivity index (χ2n) is 23.0. The maximum atomic E-state index is 13.2. The summed E-state index contributed by atoms with van der Waals surface area (Å²) >= 11 is 0. The Morgan fingerprint density at radius 1 is 0.778 bits per heavy atom. The number of rotatable bonds is 31. The lowest BCUT2D eigenvalue weighted by atomic mass is 9.86. The van der Waals surface area contributed by atoms with Crippen molar-refractivity contribution in [1.29, 1.82) is 5.41 Å². The van der Waals surface area contributed by atoms with Crippen molar-refractivity contribution in [3.63, 3.8) is 0 Å². The summed E-state index contributed by atoms with van der Waals surface area (Å²) in [5, 5.41) is 17.7. The van der Waals surface area contributed by atoms with E-state index in [4.69, 9.17) is 25.6 Å². The molecule has 15 heteroatoms. The molecule has 1 heterocycles. The van der Waals surface area contributed by atoms with Gasteiger partial charge in [0.2, 0.25) is 11.8 Å². The van der Waals surface area contributed by atoms with Gasteiger partial charge in [-0.05, 0) is 107 Å². The minimum atomic E-state index is -4.38. The zero-order valence-electron chi connectivity index (χ0n) is 51.4. The number of hydrogen-bond donors (Lipinski definition) is 6. The fraction of sp³-hybridized carbons (Fsp3) is 0.500. The molecule has 0 aliphatic heterocycles. The third-order valence-corrected chi connectivity index (χ3v) is 15.0. The van der Waals surface area contributed by atoms with Gasteiger partial charge in [-0.2, -0.15) is 13.5 Å². The summed E-state index contributed by atoms with van der Waals surface area (Å²) in [6.07, 6.45) is 16.2. The van der Waals surface area contributed by atoms with E-state index in [1.807, 2.05) is 104 Å². The molecule has 14 nitrogen and oxygen atoms in total. The molecule has 446 valence electrons. The zero-order valence-corrected chi connectivity index (χ0v) is 52.2. The van der Waals surface area contributed by atoms with E-state index in [2.05, 4.69) is 86.1 Å². The highest BCUT2D eigenvalue weighted by atomic mass is 32.2. The highest BCUT2D eigenvalue weighted by molar-refractivity contribution is 7.86. The molecule has 0 aliphatic rings. The molecule has 2 unspecified atom stereocenters. The fourth-order valence-corrected chi connectivity index (χ4v) is 8.27. The zero-order chi connectivity index (χ0) is 60.7. The van der Waals surface area contributed by atoms with Crippen LogP contribution in [-0.2, 0) is 24.4 Å². The van der Waals surface area contributed by atoms with E-state index in [1.165, 1.54) is 37.3 Å². The minimum absolute atomic E-state index is 0.0326. The molecule has 0 bridgehead atoms. The summed E-state index contributed by atoms with van der Waals surface area (Å²) in [6.45, 7) is 30.7. The normalized spacial score (nSPS) is 13.2. The molecule has 1 aromatic heterocycles. The number of hydrogen-bond acceptors (Lipinski definition) is 10. The molecule has 0 aliphatic carbocycles. The molecular weight excluding hydrogens is 1030 g/mol. The van der Waals surface area contributed by atoms with Crippen molar-refractivity contribution in [3.8, 4) is 28.3 Å². The Kier molecular flexibility index (Phi) is 31.5. The van der Waals surface area contributed by atoms with Crippen molar-refractivity contribution < 1.29 is 32.0 Å². The van der Waals surface area contributed by atoms with Gasteiger partial charge in [-0.3, -0.25) is 25.0 Å². The number of nitrogens with zero attached hydrogens (tertiary/aromatic N) is 2. The van der Waals surface area contributed by atoms with Gasteiger partial charge < -0.3 is 25.8 Å². The summed E-state index contributed by atoms with van der Waals surface area (Å²) in [5.74, 6) is 2.50. The molecule has 4 rings (SSSR count). The molecular formula is C66H99N7O7S. The van der Waals surface area contributed by atoms with E-state index >= 15 is 0 Å².